The standard InChI is InChI=1S/C19H22N2O/c1-3-10-15(4-2)18-19-17(13-8-9-14-22-19)20-21(18)16-11-6-5-7-12-16/h3-7,10-12H,8-9,13-14H2,1-2H3/b10-3-,15-4+. The molecule has 0 unspecified atom stereocenters. The summed E-state index contributed by atoms with van der Waals surface area (Å²) in [6.45, 7) is 4.86. The number of fused-ring (bicyclic) bond motifs is 1. The highest BCUT2D eigenvalue weighted by molar-refractivity contribution is 5.77. The van der Waals surface area contributed by atoms with Crippen LogP contribution in [0.25, 0.3) is 11.3 Å². The summed E-state index contributed by atoms with van der Waals surface area (Å²) in [5, 5.41) is 4.85. The van der Waals surface area contributed by atoms with Gasteiger partial charge in [-0.1, -0.05) is 36.4 Å². The maximum Gasteiger partial charge on any atom is 0.168 e. The van der Waals surface area contributed by atoms with E-state index in [1.807, 2.05) is 29.8 Å². The van der Waals surface area contributed by atoms with Crippen LogP contribution in [-0.2, 0) is 6.42 Å². The van der Waals surface area contributed by atoms with Crippen molar-refractivity contribution >= 4 is 5.57 Å². The molecule has 1 aliphatic rings. The minimum atomic E-state index is 0.771. The van der Waals surface area contributed by atoms with E-state index in [1.165, 1.54) is 0 Å². The van der Waals surface area contributed by atoms with Crippen LogP contribution in [0.3, 0.4) is 0 Å². The largest absolute Gasteiger partial charge is 0.489 e. The summed E-state index contributed by atoms with van der Waals surface area (Å²) in [7, 11) is 0. The zero-order valence-corrected chi connectivity index (χ0v) is 13.2. The van der Waals surface area contributed by atoms with Gasteiger partial charge in [0.15, 0.2) is 5.75 Å². The lowest BCUT2D eigenvalue weighted by Crippen LogP contribution is -2.04. The molecule has 0 saturated heterocycles. The van der Waals surface area contributed by atoms with Crippen molar-refractivity contribution in [1.82, 2.24) is 9.78 Å². The third-order valence-corrected chi connectivity index (χ3v) is 3.90. The number of hydrogen-bond donors (Lipinski definition) is 0. The molecule has 0 atom stereocenters. The van der Waals surface area contributed by atoms with Crippen LogP contribution in [0.4, 0.5) is 0 Å². The molecule has 0 aliphatic carbocycles. The smallest absolute Gasteiger partial charge is 0.168 e. The van der Waals surface area contributed by atoms with Crippen molar-refractivity contribution in [3.05, 3.63) is 59.9 Å². The van der Waals surface area contributed by atoms with Crippen LogP contribution < -0.4 is 4.74 Å². The van der Waals surface area contributed by atoms with E-state index in [1.54, 1.807) is 0 Å². The molecule has 1 aliphatic heterocycles. The first-order valence-corrected chi connectivity index (χ1v) is 7.94. The van der Waals surface area contributed by atoms with Crippen molar-refractivity contribution in [2.75, 3.05) is 6.61 Å². The molecule has 114 valence electrons. The summed E-state index contributed by atoms with van der Waals surface area (Å²) < 4.78 is 8.07. The fourth-order valence-corrected chi connectivity index (χ4v) is 2.83. The Labute approximate surface area is 131 Å². The third-order valence-electron chi connectivity index (χ3n) is 3.90. The minimum Gasteiger partial charge on any atom is -0.489 e. The lowest BCUT2D eigenvalue weighted by atomic mass is 10.1. The highest BCUT2D eigenvalue weighted by atomic mass is 16.5. The van der Waals surface area contributed by atoms with Crippen molar-refractivity contribution in [2.45, 2.75) is 33.1 Å². The zero-order chi connectivity index (χ0) is 15.4. The molecule has 3 nitrogen and oxygen atoms in total. The van der Waals surface area contributed by atoms with Crippen LogP contribution in [0.2, 0.25) is 0 Å². The van der Waals surface area contributed by atoms with Crippen molar-refractivity contribution in [3.8, 4) is 11.4 Å². The van der Waals surface area contributed by atoms with Gasteiger partial charge in [-0.25, -0.2) is 4.68 Å². The van der Waals surface area contributed by atoms with Gasteiger partial charge < -0.3 is 4.74 Å². The Morgan fingerprint density at radius 2 is 2.00 bits per heavy atom. The van der Waals surface area contributed by atoms with E-state index in [9.17, 15) is 0 Å². The summed E-state index contributed by atoms with van der Waals surface area (Å²) in [4.78, 5) is 0. The van der Waals surface area contributed by atoms with Gasteiger partial charge in [-0.15, -0.1) is 0 Å². The quantitative estimate of drug-likeness (QED) is 0.776. The summed E-state index contributed by atoms with van der Waals surface area (Å²) in [6, 6.07) is 10.3. The Balaban J connectivity index is 2.21. The van der Waals surface area contributed by atoms with Gasteiger partial charge in [-0.2, -0.15) is 5.10 Å². The highest BCUT2D eigenvalue weighted by Crippen LogP contribution is 2.35. The Bertz CT molecular complexity index is 696. The molecule has 1 aromatic carbocycles. The second-order valence-electron chi connectivity index (χ2n) is 5.42. The Morgan fingerprint density at radius 1 is 1.18 bits per heavy atom. The normalized spacial score (nSPS) is 15.5. The average Bonchev–Trinajstić information content (AvgIpc) is 2.76. The molecule has 0 spiro atoms. The molecule has 1 aromatic heterocycles. The fraction of sp³-hybridized carbons (Fsp3) is 0.316. The molecule has 3 heteroatoms. The van der Waals surface area contributed by atoms with Crippen molar-refractivity contribution < 1.29 is 4.74 Å². The van der Waals surface area contributed by atoms with Crippen LogP contribution in [-0.4, -0.2) is 16.4 Å². The first kappa shape index (κ1) is 14.6. The molecular formula is C19H22N2O. The molecule has 2 aromatic rings. The SMILES string of the molecule is C/C=C\C(=C/C)c1c2c(nn1-c1ccccc1)CCCCO2. The van der Waals surface area contributed by atoms with Crippen molar-refractivity contribution in [2.24, 2.45) is 0 Å². The molecule has 3 rings (SSSR count). The summed E-state index contributed by atoms with van der Waals surface area (Å²) >= 11 is 0. The molecule has 0 bridgehead atoms. The number of nitrogens with zero attached hydrogens (tertiary/aromatic N) is 2. The second-order valence-corrected chi connectivity index (χ2v) is 5.42. The zero-order valence-electron chi connectivity index (χ0n) is 13.2. The third kappa shape index (κ3) is 2.71. The number of aromatic nitrogens is 2. The predicted molar refractivity (Wildman–Crippen MR) is 90.5 cm³/mol. The first-order valence-electron chi connectivity index (χ1n) is 7.94. The fourth-order valence-electron chi connectivity index (χ4n) is 2.83. The average molecular weight is 294 g/mol. The Kier molecular flexibility index (Phi) is 4.42. The predicted octanol–water partition coefficient (Wildman–Crippen LogP) is 4.57. The number of aryl methyl sites for hydroxylation is 1. The Hall–Kier alpha value is -2.29. The van der Waals surface area contributed by atoms with E-state index in [0.717, 1.165) is 54.3 Å². The van der Waals surface area contributed by atoms with Crippen molar-refractivity contribution in [3.63, 3.8) is 0 Å². The summed E-state index contributed by atoms with van der Waals surface area (Å²) in [5.41, 5.74) is 4.34. The van der Waals surface area contributed by atoms with Gasteiger partial charge in [0.05, 0.1) is 12.3 Å². The number of allylic oxidation sites excluding steroid dienone is 4. The van der Waals surface area contributed by atoms with Gasteiger partial charge in [-0.05, 0) is 50.8 Å². The molecule has 0 radical (unpaired) electrons. The van der Waals surface area contributed by atoms with Crippen LogP contribution in [0, 0.1) is 0 Å². The van der Waals surface area contributed by atoms with E-state index in [-0.39, 0.29) is 0 Å². The number of para-hydroxylation sites is 1. The maximum absolute atomic E-state index is 6.05. The Morgan fingerprint density at radius 3 is 2.73 bits per heavy atom. The van der Waals surface area contributed by atoms with E-state index < -0.39 is 0 Å². The van der Waals surface area contributed by atoms with Crippen LogP contribution in [0.1, 0.15) is 38.1 Å². The highest BCUT2D eigenvalue weighted by Gasteiger charge is 2.23. The van der Waals surface area contributed by atoms with Crippen LogP contribution in [0.5, 0.6) is 5.75 Å². The van der Waals surface area contributed by atoms with Gasteiger partial charge >= 0.3 is 0 Å². The second kappa shape index (κ2) is 6.65. The summed E-state index contributed by atoms with van der Waals surface area (Å²) in [5.74, 6) is 0.951. The lowest BCUT2D eigenvalue weighted by Gasteiger charge is -2.11. The van der Waals surface area contributed by atoms with Gasteiger partial charge in [-0.3, -0.25) is 0 Å². The van der Waals surface area contributed by atoms with E-state index in [0.29, 0.717) is 0 Å². The van der Waals surface area contributed by atoms with Gasteiger partial charge in [0, 0.05) is 0 Å². The van der Waals surface area contributed by atoms with Crippen molar-refractivity contribution in [1.29, 1.82) is 0 Å². The maximum atomic E-state index is 6.05. The molecule has 0 amide bonds. The molecule has 0 fully saturated rings. The van der Waals surface area contributed by atoms with Gasteiger partial charge in [0.2, 0.25) is 0 Å². The number of rotatable bonds is 3. The topological polar surface area (TPSA) is 27.1 Å². The number of benzene rings is 1. The van der Waals surface area contributed by atoms with Crippen LogP contribution in [0.15, 0.2) is 48.6 Å². The van der Waals surface area contributed by atoms with E-state index in [2.05, 4.69) is 37.3 Å². The molecule has 22 heavy (non-hydrogen) atoms. The molecular weight excluding hydrogens is 272 g/mol. The lowest BCUT2D eigenvalue weighted by molar-refractivity contribution is 0.316. The number of hydrogen-bond acceptors (Lipinski definition) is 2. The molecule has 0 saturated carbocycles. The van der Waals surface area contributed by atoms with E-state index >= 15 is 0 Å². The number of ether oxygens (including phenoxy) is 1. The monoisotopic (exact) mass is 294 g/mol. The van der Waals surface area contributed by atoms with Crippen LogP contribution >= 0.6 is 0 Å². The summed E-state index contributed by atoms with van der Waals surface area (Å²) in [6.07, 6.45) is 9.49. The minimum absolute atomic E-state index is 0.771. The molecule has 0 N–H and O–H groups in total. The molecule has 2 heterocycles. The first-order chi connectivity index (χ1) is 10.8. The van der Waals surface area contributed by atoms with Gasteiger partial charge in [0.1, 0.15) is 11.4 Å². The van der Waals surface area contributed by atoms with Gasteiger partial charge in [0.25, 0.3) is 0 Å². The van der Waals surface area contributed by atoms with E-state index in [4.69, 9.17) is 9.84 Å².